The molecule has 8 heteroatoms. The number of aliphatic hydroxyl groups is 2. The second-order valence-corrected chi connectivity index (χ2v) is 6.31. The summed E-state index contributed by atoms with van der Waals surface area (Å²) in [5.41, 5.74) is -0.749. The van der Waals surface area contributed by atoms with Crippen molar-refractivity contribution in [3.05, 3.63) is 29.8 Å². The van der Waals surface area contributed by atoms with Crippen LogP contribution in [0.2, 0.25) is 0 Å². The normalized spacial score (nSPS) is 39.7. The second kappa shape index (κ2) is 4.93. The van der Waals surface area contributed by atoms with Gasteiger partial charge in [-0.25, -0.2) is 4.79 Å². The lowest BCUT2D eigenvalue weighted by atomic mass is 9.83. The Morgan fingerprint density at radius 2 is 2.00 bits per heavy atom. The van der Waals surface area contributed by atoms with E-state index in [1.165, 1.54) is 24.3 Å². The topological polar surface area (TPSA) is 129 Å². The number of aromatic hydroxyl groups is 2. The number of epoxide rings is 1. The largest absolute Gasteiger partial charge is 0.504 e. The van der Waals surface area contributed by atoms with Gasteiger partial charge in [-0.2, -0.15) is 0 Å². The molecule has 1 aliphatic carbocycles. The highest BCUT2D eigenvalue weighted by Gasteiger charge is 2.75. The molecule has 0 radical (unpaired) electrons. The third-order valence-electron chi connectivity index (χ3n) is 4.72. The Morgan fingerprint density at radius 3 is 2.75 bits per heavy atom. The van der Waals surface area contributed by atoms with E-state index in [0.29, 0.717) is 5.56 Å². The van der Waals surface area contributed by atoms with Gasteiger partial charge in [-0.15, -0.1) is 0 Å². The second-order valence-electron chi connectivity index (χ2n) is 6.31. The molecule has 2 aliphatic heterocycles. The number of rotatable bonds is 3. The number of carbonyl (C=O) groups excluding carboxylic acids is 1. The van der Waals surface area contributed by atoms with Gasteiger partial charge in [0.2, 0.25) is 5.79 Å². The van der Waals surface area contributed by atoms with Gasteiger partial charge in [0.25, 0.3) is 0 Å². The number of ether oxygens (including phenoxy) is 3. The van der Waals surface area contributed by atoms with Gasteiger partial charge in [0.1, 0.15) is 12.2 Å². The van der Waals surface area contributed by atoms with Crippen LogP contribution in [0.4, 0.5) is 0 Å². The summed E-state index contributed by atoms with van der Waals surface area (Å²) < 4.78 is 15.8. The highest BCUT2D eigenvalue weighted by Crippen LogP contribution is 2.56. The molecule has 5 atom stereocenters. The molecular weight excluding hydrogens is 320 g/mol. The number of phenolic OH excluding ortho intramolecular Hbond substituents is 2. The molecule has 2 saturated heterocycles. The van der Waals surface area contributed by atoms with E-state index in [9.17, 15) is 25.2 Å². The molecule has 2 bridgehead atoms. The number of aliphatic hydroxyl groups excluding tert-OH is 1. The van der Waals surface area contributed by atoms with E-state index in [1.807, 2.05) is 0 Å². The van der Waals surface area contributed by atoms with E-state index in [1.54, 1.807) is 0 Å². The Hall–Kier alpha value is -2.13. The lowest BCUT2D eigenvalue weighted by Crippen LogP contribution is -2.47. The van der Waals surface area contributed by atoms with Crippen LogP contribution in [0, 0.1) is 0 Å². The molecule has 4 rings (SSSR count). The van der Waals surface area contributed by atoms with Gasteiger partial charge in [0.15, 0.2) is 23.4 Å². The molecule has 4 N–H and O–H groups in total. The summed E-state index contributed by atoms with van der Waals surface area (Å²) in [4.78, 5) is 12.1. The van der Waals surface area contributed by atoms with Crippen LogP contribution in [0.1, 0.15) is 18.4 Å². The van der Waals surface area contributed by atoms with Gasteiger partial charge in [0, 0.05) is 18.9 Å². The number of phenols is 2. The van der Waals surface area contributed by atoms with E-state index < -0.39 is 35.9 Å². The van der Waals surface area contributed by atoms with Gasteiger partial charge >= 0.3 is 5.97 Å². The molecule has 1 aromatic carbocycles. The van der Waals surface area contributed by atoms with Crippen molar-refractivity contribution >= 4 is 12.0 Å². The highest BCUT2D eigenvalue weighted by molar-refractivity contribution is 5.87. The van der Waals surface area contributed by atoms with E-state index in [4.69, 9.17) is 14.2 Å². The Kier molecular flexibility index (Phi) is 3.17. The first kappa shape index (κ1) is 15.4. The van der Waals surface area contributed by atoms with Crippen LogP contribution >= 0.6 is 0 Å². The zero-order chi connectivity index (χ0) is 17.1. The van der Waals surface area contributed by atoms with Gasteiger partial charge in [-0.1, -0.05) is 6.07 Å². The van der Waals surface area contributed by atoms with Crippen LogP contribution in [0.25, 0.3) is 6.08 Å². The van der Waals surface area contributed by atoms with Crippen molar-refractivity contribution in [2.24, 2.45) is 0 Å². The van der Waals surface area contributed by atoms with Gasteiger partial charge in [-0.05, 0) is 23.8 Å². The van der Waals surface area contributed by atoms with Crippen LogP contribution in [-0.2, 0) is 19.0 Å². The van der Waals surface area contributed by atoms with Crippen molar-refractivity contribution < 1.29 is 39.4 Å². The first-order chi connectivity index (χ1) is 11.3. The van der Waals surface area contributed by atoms with Crippen molar-refractivity contribution in [1.29, 1.82) is 0 Å². The average molecular weight is 336 g/mol. The molecule has 1 aromatic rings. The summed E-state index contributed by atoms with van der Waals surface area (Å²) >= 11 is 0. The predicted octanol–water partition coefficient (Wildman–Crippen LogP) is -0.00860. The van der Waals surface area contributed by atoms with Crippen LogP contribution in [-0.4, -0.2) is 56.3 Å². The molecule has 2 heterocycles. The summed E-state index contributed by atoms with van der Waals surface area (Å²) in [5, 5.41) is 38.8. The zero-order valence-electron chi connectivity index (χ0n) is 12.5. The molecule has 3 fully saturated rings. The highest BCUT2D eigenvalue weighted by atomic mass is 16.8. The molecule has 5 unspecified atom stereocenters. The molecule has 24 heavy (non-hydrogen) atoms. The minimum Gasteiger partial charge on any atom is -0.504 e. The molecule has 0 spiro atoms. The lowest BCUT2D eigenvalue weighted by Gasteiger charge is -2.31. The minimum atomic E-state index is -1.38. The lowest BCUT2D eigenvalue weighted by molar-refractivity contribution is -0.203. The van der Waals surface area contributed by atoms with Gasteiger partial charge in [0.05, 0.1) is 0 Å². The fourth-order valence-electron chi connectivity index (χ4n) is 3.33. The number of hydrogen-bond donors (Lipinski definition) is 4. The molecular formula is C16H16O8. The predicted molar refractivity (Wildman–Crippen MR) is 77.6 cm³/mol. The third kappa shape index (κ3) is 2.27. The van der Waals surface area contributed by atoms with Crippen LogP contribution < -0.4 is 0 Å². The molecule has 0 aromatic heterocycles. The molecule has 1 saturated carbocycles. The summed E-state index contributed by atoms with van der Waals surface area (Å²) in [6, 6.07) is 4.10. The van der Waals surface area contributed by atoms with Crippen molar-refractivity contribution in [3.8, 4) is 11.5 Å². The number of fused-ring (bicyclic) bond motifs is 4. The van der Waals surface area contributed by atoms with Crippen molar-refractivity contribution in [3.63, 3.8) is 0 Å². The smallest absolute Gasteiger partial charge is 0.331 e. The van der Waals surface area contributed by atoms with Crippen molar-refractivity contribution in [2.45, 2.75) is 42.7 Å². The van der Waals surface area contributed by atoms with E-state index in [-0.39, 0.29) is 24.3 Å². The van der Waals surface area contributed by atoms with E-state index in [2.05, 4.69) is 0 Å². The summed E-state index contributed by atoms with van der Waals surface area (Å²) in [5.74, 6) is -2.64. The Balaban J connectivity index is 1.46. The summed E-state index contributed by atoms with van der Waals surface area (Å²) in [7, 11) is 0. The van der Waals surface area contributed by atoms with Crippen LogP contribution in [0.5, 0.6) is 11.5 Å². The Morgan fingerprint density at radius 1 is 1.25 bits per heavy atom. The molecule has 8 nitrogen and oxygen atoms in total. The zero-order valence-corrected chi connectivity index (χ0v) is 12.5. The molecule has 0 amide bonds. The summed E-state index contributed by atoms with van der Waals surface area (Å²) in [6.45, 7) is 0. The monoisotopic (exact) mass is 336 g/mol. The standard InChI is InChI=1S/C16H16O8/c17-9-3-1-8(5-10(9)18)2-4-13(19)24-15-6-11(22-14(15)20)16(21)12(7-15)23-16/h1-5,11-12,14,17-18,20-21H,6-7H2/b4-2+. The third-order valence-corrected chi connectivity index (χ3v) is 4.72. The number of esters is 1. The van der Waals surface area contributed by atoms with Crippen LogP contribution in [0.3, 0.4) is 0 Å². The van der Waals surface area contributed by atoms with Crippen molar-refractivity contribution in [1.82, 2.24) is 0 Å². The average Bonchev–Trinajstić information content (AvgIpc) is 3.10. The Bertz CT molecular complexity index is 727. The van der Waals surface area contributed by atoms with E-state index in [0.717, 1.165) is 6.08 Å². The Labute approximate surface area is 136 Å². The van der Waals surface area contributed by atoms with Crippen LogP contribution in [0.15, 0.2) is 24.3 Å². The quantitative estimate of drug-likeness (QED) is 0.263. The molecule has 128 valence electrons. The number of carbonyl (C=O) groups is 1. The molecule has 3 aliphatic rings. The number of benzene rings is 1. The minimum absolute atomic E-state index is 0.154. The summed E-state index contributed by atoms with van der Waals surface area (Å²) in [6.07, 6.45) is 0.302. The first-order valence-electron chi connectivity index (χ1n) is 7.49. The number of hydrogen-bond acceptors (Lipinski definition) is 8. The van der Waals surface area contributed by atoms with E-state index >= 15 is 0 Å². The maximum atomic E-state index is 12.1. The van der Waals surface area contributed by atoms with Crippen molar-refractivity contribution in [2.75, 3.05) is 0 Å². The fourth-order valence-corrected chi connectivity index (χ4v) is 3.33. The SMILES string of the molecule is O=C(/C=C/c1ccc(O)c(O)c1)OC12CC(OC1O)C1(O)OC1C2. The van der Waals surface area contributed by atoms with Gasteiger partial charge < -0.3 is 34.6 Å². The fraction of sp³-hybridized carbons (Fsp3) is 0.438. The first-order valence-corrected chi connectivity index (χ1v) is 7.49. The van der Waals surface area contributed by atoms with Gasteiger partial charge in [-0.3, -0.25) is 0 Å². The maximum Gasteiger partial charge on any atom is 0.331 e. The maximum absolute atomic E-state index is 12.1.